The second kappa shape index (κ2) is 5.99. The largest absolute Gasteiger partial charge is 0.455 e. The monoisotopic (exact) mass is 229 g/mol. The van der Waals surface area contributed by atoms with Crippen molar-refractivity contribution in [3.8, 4) is 0 Å². The Hall–Kier alpha value is -1.72. The Labute approximate surface area is 93.6 Å². The van der Waals surface area contributed by atoms with Crippen LogP contribution in [0.15, 0.2) is 5.16 Å². The fourth-order valence-corrected chi connectivity index (χ4v) is 0.792. The van der Waals surface area contributed by atoms with Crippen molar-refractivity contribution in [3.63, 3.8) is 0 Å². The Morgan fingerprint density at radius 1 is 1.31 bits per heavy atom. The van der Waals surface area contributed by atoms with Gasteiger partial charge in [0.15, 0.2) is 5.78 Å². The van der Waals surface area contributed by atoms with Crippen LogP contribution < -0.4 is 0 Å². The quantitative estimate of drug-likeness (QED) is 0.225. The summed E-state index contributed by atoms with van der Waals surface area (Å²) in [6.45, 7) is 4.96. The van der Waals surface area contributed by atoms with Crippen LogP contribution in [0.3, 0.4) is 0 Å². The first-order valence-corrected chi connectivity index (χ1v) is 4.63. The van der Waals surface area contributed by atoms with Gasteiger partial charge in [-0.15, -0.1) is 0 Å². The molecule has 0 aliphatic rings. The van der Waals surface area contributed by atoms with Gasteiger partial charge in [-0.2, -0.15) is 0 Å². The van der Waals surface area contributed by atoms with Crippen LogP contribution in [0.25, 0.3) is 0 Å². The van der Waals surface area contributed by atoms with Gasteiger partial charge in [0.1, 0.15) is 19.0 Å². The average molecular weight is 229 g/mol. The summed E-state index contributed by atoms with van der Waals surface area (Å²) >= 11 is 0. The highest BCUT2D eigenvalue weighted by Gasteiger charge is 2.26. The molecule has 0 atom stereocenters. The molecule has 0 heterocycles. The third kappa shape index (κ3) is 5.23. The van der Waals surface area contributed by atoms with Crippen LogP contribution in [-0.4, -0.2) is 36.5 Å². The van der Waals surface area contributed by atoms with Gasteiger partial charge in [-0.3, -0.25) is 4.79 Å². The van der Waals surface area contributed by atoms with Crippen molar-refractivity contribution < 1.29 is 24.0 Å². The Balaban J connectivity index is 4.81. The summed E-state index contributed by atoms with van der Waals surface area (Å²) in [4.78, 5) is 37.3. The molecule has 0 saturated carbocycles. The summed E-state index contributed by atoms with van der Waals surface area (Å²) in [7, 11) is 1.19. The molecule has 0 radical (unpaired) electrons. The summed E-state index contributed by atoms with van der Waals surface area (Å²) in [5.41, 5.74) is -1.25. The minimum Gasteiger partial charge on any atom is -0.455 e. The molecule has 90 valence electrons. The molecular formula is C10H15NO5. The number of hydrogen-bond acceptors (Lipinski definition) is 6. The number of nitrogens with zero attached hydrogens (tertiary/aromatic N) is 1. The predicted octanol–water partition coefficient (Wildman–Crippen LogP) is 0.489. The first-order valence-electron chi connectivity index (χ1n) is 4.63. The van der Waals surface area contributed by atoms with Crippen LogP contribution in [0, 0.1) is 0 Å². The molecule has 0 aliphatic carbocycles. The molecule has 0 saturated heterocycles. The molecule has 0 aromatic rings. The first kappa shape index (κ1) is 14.3. The van der Waals surface area contributed by atoms with Gasteiger partial charge < -0.3 is 14.4 Å². The van der Waals surface area contributed by atoms with E-state index in [1.54, 1.807) is 20.8 Å². The van der Waals surface area contributed by atoms with Crippen molar-refractivity contribution in [2.45, 2.75) is 32.8 Å². The third-order valence-electron chi connectivity index (χ3n) is 1.31. The van der Waals surface area contributed by atoms with E-state index in [9.17, 15) is 14.4 Å². The maximum atomic E-state index is 11.5. The van der Waals surface area contributed by atoms with Gasteiger partial charge in [0, 0.05) is 0 Å². The van der Waals surface area contributed by atoms with E-state index in [2.05, 4.69) is 9.99 Å². The number of hydrogen-bond donors (Lipinski definition) is 0. The number of carbonyl (C=O) groups excluding carboxylic acids is 3. The van der Waals surface area contributed by atoms with Crippen LogP contribution in [-0.2, 0) is 24.0 Å². The molecule has 0 fully saturated rings. The molecule has 0 spiro atoms. The second-order valence-corrected chi connectivity index (χ2v) is 3.92. The molecule has 0 bridgehead atoms. The number of ketones is 1. The first-order chi connectivity index (χ1) is 7.31. The topological polar surface area (TPSA) is 82.0 Å². The molecule has 6 nitrogen and oxygen atoms in total. The SMILES string of the molecule is CON=C(C(=O)CC=O)C(=O)OC(C)(C)C. The van der Waals surface area contributed by atoms with Gasteiger partial charge in [0.05, 0.1) is 6.42 Å². The summed E-state index contributed by atoms with van der Waals surface area (Å²) in [6.07, 6.45) is -0.0423. The maximum Gasteiger partial charge on any atom is 0.364 e. The number of esters is 1. The van der Waals surface area contributed by atoms with Crippen molar-refractivity contribution in [1.82, 2.24) is 0 Å². The van der Waals surface area contributed by atoms with Gasteiger partial charge in [0.2, 0.25) is 5.71 Å². The molecule has 0 aromatic heterocycles. The summed E-state index contributed by atoms with van der Waals surface area (Å²) in [5.74, 6) is -1.63. The van der Waals surface area contributed by atoms with Gasteiger partial charge in [-0.25, -0.2) is 4.79 Å². The van der Waals surface area contributed by atoms with E-state index in [-0.39, 0.29) is 0 Å². The highest BCUT2D eigenvalue weighted by Crippen LogP contribution is 2.08. The average Bonchev–Trinajstić information content (AvgIpc) is 2.11. The van der Waals surface area contributed by atoms with Crippen molar-refractivity contribution in [1.29, 1.82) is 0 Å². The number of aldehydes is 1. The van der Waals surface area contributed by atoms with Gasteiger partial charge >= 0.3 is 5.97 Å². The normalized spacial score (nSPS) is 11.9. The molecule has 0 rings (SSSR count). The number of ether oxygens (including phenoxy) is 1. The Kier molecular flexibility index (Phi) is 5.35. The predicted molar refractivity (Wildman–Crippen MR) is 56.0 cm³/mol. The molecule has 16 heavy (non-hydrogen) atoms. The van der Waals surface area contributed by atoms with E-state index in [0.29, 0.717) is 6.29 Å². The Morgan fingerprint density at radius 3 is 2.25 bits per heavy atom. The number of oxime groups is 1. The molecule has 0 aliphatic heterocycles. The fraction of sp³-hybridized carbons (Fsp3) is 0.600. The van der Waals surface area contributed by atoms with E-state index in [1.165, 1.54) is 7.11 Å². The summed E-state index contributed by atoms with van der Waals surface area (Å²) < 4.78 is 4.93. The zero-order chi connectivity index (χ0) is 12.8. The third-order valence-corrected chi connectivity index (χ3v) is 1.31. The minimum absolute atomic E-state index is 0.387. The Morgan fingerprint density at radius 2 is 1.88 bits per heavy atom. The zero-order valence-corrected chi connectivity index (χ0v) is 9.77. The van der Waals surface area contributed by atoms with E-state index in [4.69, 9.17) is 4.74 Å². The molecule has 0 N–H and O–H groups in total. The van der Waals surface area contributed by atoms with Crippen LogP contribution in [0.5, 0.6) is 0 Å². The van der Waals surface area contributed by atoms with E-state index in [1.807, 2.05) is 0 Å². The molecule has 0 amide bonds. The fourth-order valence-electron chi connectivity index (χ4n) is 0.792. The maximum absolute atomic E-state index is 11.5. The molecule has 0 unspecified atom stereocenters. The van der Waals surface area contributed by atoms with Gasteiger partial charge in [0.25, 0.3) is 0 Å². The second-order valence-electron chi connectivity index (χ2n) is 3.92. The molecular weight excluding hydrogens is 214 g/mol. The molecule has 6 heteroatoms. The number of carbonyl (C=O) groups is 3. The Bertz CT molecular complexity index is 314. The number of rotatable bonds is 5. The minimum atomic E-state index is -0.902. The van der Waals surface area contributed by atoms with Crippen LogP contribution >= 0.6 is 0 Å². The lowest BCUT2D eigenvalue weighted by Gasteiger charge is -2.19. The lowest BCUT2D eigenvalue weighted by atomic mass is 10.1. The van der Waals surface area contributed by atoms with Crippen LogP contribution in [0.1, 0.15) is 27.2 Å². The lowest BCUT2D eigenvalue weighted by molar-refractivity contribution is -0.146. The van der Waals surface area contributed by atoms with Crippen LogP contribution in [0.2, 0.25) is 0 Å². The van der Waals surface area contributed by atoms with Gasteiger partial charge in [-0.05, 0) is 20.8 Å². The van der Waals surface area contributed by atoms with Crippen molar-refractivity contribution in [2.75, 3.05) is 7.11 Å². The lowest BCUT2D eigenvalue weighted by Crippen LogP contribution is -2.33. The smallest absolute Gasteiger partial charge is 0.364 e. The standard InChI is InChI=1S/C10H15NO5/c1-10(2,3)16-9(14)8(11-15-4)7(13)5-6-12/h6H,5H2,1-4H3. The zero-order valence-electron chi connectivity index (χ0n) is 9.77. The van der Waals surface area contributed by atoms with E-state index >= 15 is 0 Å². The highest BCUT2D eigenvalue weighted by atomic mass is 16.6. The van der Waals surface area contributed by atoms with Crippen molar-refractivity contribution in [2.24, 2.45) is 5.16 Å². The van der Waals surface area contributed by atoms with Crippen molar-refractivity contribution >= 4 is 23.8 Å². The highest BCUT2D eigenvalue weighted by molar-refractivity contribution is 6.65. The summed E-state index contributed by atoms with van der Waals surface area (Å²) in [5, 5.41) is 3.26. The number of Topliss-reactive ketones (excluding diaryl/α,β-unsaturated/α-hetero) is 1. The van der Waals surface area contributed by atoms with E-state index < -0.39 is 29.5 Å². The summed E-state index contributed by atoms with van der Waals surface area (Å²) in [6, 6.07) is 0. The van der Waals surface area contributed by atoms with Gasteiger partial charge in [-0.1, -0.05) is 5.16 Å². The van der Waals surface area contributed by atoms with E-state index in [0.717, 1.165) is 0 Å². The van der Waals surface area contributed by atoms with Crippen molar-refractivity contribution in [3.05, 3.63) is 0 Å². The van der Waals surface area contributed by atoms with Crippen LogP contribution in [0.4, 0.5) is 0 Å². The molecule has 0 aromatic carbocycles.